The number of rotatable bonds is 0. The summed E-state index contributed by atoms with van der Waals surface area (Å²) in [6, 6.07) is 0. The second-order valence-corrected chi connectivity index (χ2v) is 4.67. The number of likely N-dealkylation sites (tertiary alicyclic amines) is 2. The lowest BCUT2D eigenvalue weighted by atomic mass is 10.2. The van der Waals surface area contributed by atoms with Crippen LogP contribution in [0.15, 0.2) is 0 Å². The zero-order valence-electron chi connectivity index (χ0n) is 9.42. The maximum absolute atomic E-state index is 2.38. The molecule has 0 bridgehead atoms. The first kappa shape index (κ1) is 11.0. The molecule has 78 valence electrons. The van der Waals surface area contributed by atoms with Crippen LogP contribution in [0, 0.1) is 5.92 Å². The summed E-state index contributed by atoms with van der Waals surface area (Å²) in [6.45, 7) is 7.56. The summed E-state index contributed by atoms with van der Waals surface area (Å²) in [5.41, 5.74) is 0. The van der Waals surface area contributed by atoms with Gasteiger partial charge in [-0.3, -0.25) is 0 Å². The molecule has 0 aliphatic carbocycles. The van der Waals surface area contributed by atoms with Crippen LogP contribution >= 0.6 is 0 Å². The summed E-state index contributed by atoms with van der Waals surface area (Å²) in [6.07, 6.45) is 4.23. The molecule has 0 aromatic carbocycles. The van der Waals surface area contributed by atoms with Crippen molar-refractivity contribution in [3.63, 3.8) is 0 Å². The van der Waals surface area contributed by atoms with E-state index in [1.165, 1.54) is 45.4 Å². The van der Waals surface area contributed by atoms with E-state index in [2.05, 4.69) is 30.8 Å². The minimum Gasteiger partial charge on any atom is -0.306 e. The monoisotopic (exact) mass is 184 g/mol. The van der Waals surface area contributed by atoms with Crippen LogP contribution in [0.5, 0.6) is 0 Å². The van der Waals surface area contributed by atoms with Crippen LogP contribution in [0.1, 0.15) is 26.2 Å². The Balaban J connectivity index is 0.000000132. The van der Waals surface area contributed by atoms with Gasteiger partial charge in [-0.2, -0.15) is 0 Å². The van der Waals surface area contributed by atoms with Gasteiger partial charge in [0.1, 0.15) is 0 Å². The van der Waals surface area contributed by atoms with Crippen molar-refractivity contribution in [2.45, 2.75) is 26.2 Å². The van der Waals surface area contributed by atoms with Gasteiger partial charge in [0.25, 0.3) is 0 Å². The molecule has 0 aromatic rings. The Morgan fingerprint density at radius 2 is 1.54 bits per heavy atom. The maximum atomic E-state index is 2.38. The van der Waals surface area contributed by atoms with Gasteiger partial charge in [0.05, 0.1) is 0 Å². The third kappa shape index (κ3) is 4.63. The molecule has 2 aliphatic rings. The Kier molecular flexibility index (Phi) is 4.74. The molecule has 1 atom stereocenters. The molecular formula is C11H24N2. The predicted octanol–water partition coefficient (Wildman–Crippen LogP) is 1.67. The second-order valence-electron chi connectivity index (χ2n) is 4.67. The Morgan fingerprint density at radius 3 is 1.69 bits per heavy atom. The number of hydrogen-bond acceptors (Lipinski definition) is 2. The maximum Gasteiger partial charge on any atom is 0.000445 e. The molecule has 13 heavy (non-hydrogen) atoms. The van der Waals surface area contributed by atoms with E-state index in [0.29, 0.717) is 0 Å². The first-order chi connectivity index (χ1) is 6.18. The van der Waals surface area contributed by atoms with Crippen LogP contribution in [-0.4, -0.2) is 50.1 Å². The van der Waals surface area contributed by atoms with E-state index >= 15 is 0 Å². The molecule has 2 saturated heterocycles. The minimum atomic E-state index is 0.949. The number of hydrogen-bond donors (Lipinski definition) is 0. The lowest BCUT2D eigenvalue weighted by Crippen LogP contribution is -2.12. The molecule has 0 amide bonds. The van der Waals surface area contributed by atoms with Crippen LogP contribution < -0.4 is 0 Å². The molecule has 0 N–H and O–H groups in total. The lowest BCUT2D eigenvalue weighted by molar-refractivity contribution is 0.402. The largest absolute Gasteiger partial charge is 0.306 e. The van der Waals surface area contributed by atoms with E-state index in [0.717, 1.165) is 5.92 Å². The molecule has 2 rings (SSSR count). The van der Waals surface area contributed by atoms with Crippen molar-refractivity contribution < 1.29 is 0 Å². The van der Waals surface area contributed by atoms with Crippen molar-refractivity contribution in [2.75, 3.05) is 40.3 Å². The van der Waals surface area contributed by atoms with Gasteiger partial charge in [-0.1, -0.05) is 6.92 Å². The van der Waals surface area contributed by atoms with E-state index in [-0.39, 0.29) is 0 Å². The summed E-state index contributed by atoms with van der Waals surface area (Å²) in [7, 11) is 4.36. The van der Waals surface area contributed by atoms with Gasteiger partial charge in [-0.15, -0.1) is 0 Å². The fraction of sp³-hybridized carbons (Fsp3) is 1.00. The molecule has 2 heterocycles. The molecule has 0 saturated carbocycles. The van der Waals surface area contributed by atoms with Crippen LogP contribution in [0.3, 0.4) is 0 Å². The Morgan fingerprint density at radius 1 is 0.923 bits per heavy atom. The van der Waals surface area contributed by atoms with Crippen LogP contribution in [-0.2, 0) is 0 Å². The highest BCUT2D eigenvalue weighted by Gasteiger charge is 2.13. The first-order valence-electron chi connectivity index (χ1n) is 5.55. The summed E-state index contributed by atoms with van der Waals surface area (Å²) in [4.78, 5) is 4.74. The smallest absolute Gasteiger partial charge is 0.000445 e. The van der Waals surface area contributed by atoms with Gasteiger partial charge in [0.2, 0.25) is 0 Å². The summed E-state index contributed by atoms with van der Waals surface area (Å²) < 4.78 is 0. The molecule has 2 nitrogen and oxygen atoms in total. The highest BCUT2D eigenvalue weighted by atomic mass is 15.1. The molecule has 0 spiro atoms. The molecule has 2 fully saturated rings. The van der Waals surface area contributed by atoms with Gasteiger partial charge >= 0.3 is 0 Å². The van der Waals surface area contributed by atoms with E-state index in [1.807, 2.05) is 0 Å². The van der Waals surface area contributed by atoms with Gasteiger partial charge in [0, 0.05) is 6.54 Å². The molecule has 2 aliphatic heterocycles. The van der Waals surface area contributed by atoms with Crippen molar-refractivity contribution in [2.24, 2.45) is 5.92 Å². The highest BCUT2D eigenvalue weighted by molar-refractivity contribution is 4.67. The van der Waals surface area contributed by atoms with Crippen LogP contribution in [0.4, 0.5) is 0 Å². The fourth-order valence-electron chi connectivity index (χ4n) is 2.03. The van der Waals surface area contributed by atoms with E-state index in [1.54, 1.807) is 0 Å². The normalized spacial score (nSPS) is 30.2. The van der Waals surface area contributed by atoms with Gasteiger partial charge in [-0.05, 0) is 58.9 Å². The molecule has 0 radical (unpaired) electrons. The quantitative estimate of drug-likeness (QED) is 0.565. The molecule has 1 unspecified atom stereocenters. The van der Waals surface area contributed by atoms with Crippen molar-refractivity contribution in [3.05, 3.63) is 0 Å². The average Bonchev–Trinajstić information content (AvgIpc) is 2.64. The summed E-state index contributed by atoms with van der Waals surface area (Å²) in [5.74, 6) is 0.949. The van der Waals surface area contributed by atoms with Gasteiger partial charge in [-0.25, -0.2) is 0 Å². The third-order valence-electron chi connectivity index (χ3n) is 2.96. The van der Waals surface area contributed by atoms with Gasteiger partial charge < -0.3 is 9.80 Å². The van der Waals surface area contributed by atoms with Crippen molar-refractivity contribution in [1.29, 1.82) is 0 Å². The van der Waals surface area contributed by atoms with E-state index < -0.39 is 0 Å². The van der Waals surface area contributed by atoms with Crippen LogP contribution in [0.25, 0.3) is 0 Å². The van der Waals surface area contributed by atoms with Gasteiger partial charge in [0.15, 0.2) is 0 Å². The topological polar surface area (TPSA) is 6.48 Å². The first-order valence-corrected chi connectivity index (χ1v) is 5.55. The standard InChI is InChI=1S/C6H13N.C5H11N/c1-6-3-4-7(2)5-6;1-6-4-2-3-5-6/h6H,3-5H2,1-2H3;2-5H2,1H3. The highest BCUT2D eigenvalue weighted by Crippen LogP contribution is 2.11. The average molecular weight is 184 g/mol. The number of nitrogens with zero attached hydrogens (tertiary/aromatic N) is 2. The summed E-state index contributed by atoms with van der Waals surface area (Å²) >= 11 is 0. The predicted molar refractivity (Wildman–Crippen MR) is 58.0 cm³/mol. The van der Waals surface area contributed by atoms with Crippen molar-refractivity contribution >= 4 is 0 Å². The minimum absolute atomic E-state index is 0.949. The Bertz CT molecular complexity index is 122. The van der Waals surface area contributed by atoms with Crippen LogP contribution in [0.2, 0.25) is 0 Å². The van der Waals surface area contributed by atoms with E-state index in [9.17, 15) is 0 Å². The lowest BCUT2D eigenvalue weighted by Gasteiger charge is -2.03. The zero-order valence-corrected chi connectivity index (χ0v) is 9.42. The van der Waals surface area contributed by atoms with E-state index in [4.69, 9.17) is 0 Å². The van der Waals surface area contributed by atoms with Crippen molar-refractivity contribution in [1.82, 2.24) is 9.80 Å². The third-order valence-corrected chi connectivity index (χ3v) is 2.96. The molecule has 2 heteroatoms. The Labute approximate surface area is 82.9 Å². The fourth-order valence-corrected chi connectivity index (χ4v) is 2.03. The SMILES string of the molecule is CC1CCN(C)C1.CN1CCCC1. The van der Waals surface area contributed by atoms with Crippen molar-refractivity contribution in [3.8, 4) is 0 Å². The molecule has 0 aromatic heterocycles. The Hall–Kier alpha value is -0.0800. The zero-order chi connectivity index (χ0) is 9.68. The summed E-state index contributed by atoms with van der Waals surface area (Å²) in [5, 5.41) is 0. The second kappa shape index (κ2) is 5.61. The molecular weight excluding hydrogens is 160 g/mol.